The van der Waals surface area contributed by atoms with Gasteiger partial charge in [-0.15, -0.1) is 11.3 Å². The molecule has 2 aromatic carbocycles. The lowest BCUT2D eigenvalue weighted by Gasteiger charge is -2.04. The minimum absolute atomic E-state index is 0.0410. The van der Waals surface area contributed by atoms with E-state index in [4.69, 9.17) is 0 Å². The second-order valence-electron chi connectivity index (χ2n) is 6.56. The lowest BCUT2D eigenvalue weighted by atomic mass is 10.1. The first-order valence-corrected chi connectivity index (χ1v) is 11.3. The number of benzene rings is 2. The molecular formula is C20H20N2O3S2. The van der Waals surface area contributed by atoms with Crippen LogP contribution >= 0.6 is 11.3 Å². The molecule has 5 nitrogen and oxygen atoms in total. The van der Waals surface area contributed by atoms with Crippen molar-refractivity contribution in [2.75, 3.05) is 11.6 Å². The molecule has 1 amide bonds. The SMILES string of the molecule is Cc1ccc(-c2csc(NC(=O)c3ccc(CS(C)(=O)=O)cc3)n2)cc1C. The predicted octanol–water partition coefficient (Wildman–Crippen LogP) is 4.22. The van der Waals surface area contributed by atoms with Crippen molar-refractivity contribution in [2.45, 2.75) is 19.6 Å². The molecule has 0 fully saturated rings. The van der Waals surface area contributed by atoms with E-state index in [9.17, 15) is 13.2 Å². The fourth-order valence-corrected chi connectivity index (χ4v) is 4.10. The zero-order valence-corrected chi connectivity index (χ0v) is 16.9. The Labute approximate surface area is 163 Å². The van der Waals surface area contributed by atoms with Gasteiger partial charge >= 0.3 is 0 Å². The summed E-state index contributed by atoms with van der Waals surface area (Å²) in [5.41, 5.74) is 5.36. The lowest BCUT2D eigenvalue weighted by Crippen LogP contribution is -2.11. The molecule has 0 saturated heterocycles. The van der Waals surface area contributed by atoms with Crippen LogP contribution in [0.15, 0.2) is 47.8 Å². The third kappa shape index (κ3) is 5.02. The van der Waals surface area contributed by atoms with Gasteiger partial charge in [0.2, 0.25) is 0 Å². The van der Waals surface area contributed by atoms with Crippen molar-refractivity contribution in [1.82, 2.24) is 4.98 Å². The summed E-state index contributed by atoms with van der Waals surface area (Å²) in [7, 11) is -3.10. The molecule has 1 aromatic heterocycles. The van der Waals surface area contributed by atoms with Crippen molar-refractivity contribution in [1.29, 1.82) is 0 Å². The number of carbonyl (C=O) groups excluding carboxylic acids is 1. The highest BCUT2D eigenvalue weighted by atomic mass is 32.2. The number of aryl methyl sites for hydroxylation is 2. The van der Waals surface area contributed by atoms with Crippen molar-refractivity contribution in [2.24, 2.45) is 0 Å². The fraction of sp³-hybridized carbons (Fsp3) is 0.200. The van der Waals surface area contributed by atoms with Gasteiger partial charge in [0.05, 0.1) is 11.4 Å². The van der Waals surface area contributed by atoms with Crippen LogP contribution in [-0.2, 0) is 15.6 Å². The number of hydrogen-bond acceptors (Lipinski definition) is 5. The Morgan fingerprint density at radius 2 is 1.78 bits per heavy atom. The predicted molar refractivity (Wildman–Crippen MR) is 110 cm³/mol. The largest absolute Gasteiger partial charge is 0.298 e. The molecule has 140 valence electrons. The Bertz CT molecular complexity index is 1080. The Hall–Kier alpha value is -2.51. The van der Waals surface area contributed by atoms with Crippen molar-refractivity contribution in [3.63, 3.8) is 0 Å². The van der Waals surface area contributed by atoms with E-state index in [1.807, 2.05) is 11.4 Å². The molecular weight excluding hydrogens is 380 g/mol. The van der Waals surface area contributed by atoms with Gasteiger partial charge in [-0.3, -0.25) is 10.1 Å². The van der Waals surface area contributed by atoms with E-state index in [1.54, 1.807) is 24.3 Å². The highest BCUT2D eigenvalue weighted by molar-refractivity contribution is 7.89. The van der Waals surface area contributed by atoms with Gasteiger partial charge in [-0.25, -0.2) is 13.4 Å². The molecule has 1 heterocycles. The Morgan fingerprint density at radius 3 is 2.41 bits per heavy atom. The van der Waals surface area contributed by atoms with Crippen LogP contribution in [0, 0.1) is 13.8 Å². The summed E-state index contributed by atoms with van der Waals surface area (Å²) >= 11 is 1.37. The van der Waals surface area contributed by atoms with E-state index in [0.29, 0.717) is 16.3 Å². The first kappa shape index (κ1) is 19.3. The summed E-state index contributed by atoms with van der Waals surface area (Å²) in [6, 6.07) is 12.7. The van der Waals surface area contributed by atoms with Crippen molar-refractivity contribution < 1.29 is 13.2 Å². The number of carbonyl (C=O) groups is 1. The lowest BCUT2D eigenvalue weighted by molar-refractivity contribution is 0.102. The number of aromatic nitrogens is 1. The molecule has 0 atom stereocenters. The molecule has 0 radical (unpaired) electrons. The van der Waals surface area contributed by atoms with Gasteiger partial charge < -0.3 is 0 Å². The number of anilines is 1. The summed E-state index contributed by atoms with van der Waals surface area (Å²) < 4.78 is 22.7. The van der Waals surface area contributed by atoms with Gasteiger partial charge in [0.1, 0.15) is 0 Å². The first-order chi connectivity index (χ1) is 12.7. The van der Waals surface area contributed by atoms with Crippen LogP contribution in [-0.4, -0.2) is 25.6 Å². The highest BCUT2D eigenvalue weighted by Gasteiger charge is 2.11. The smallest absolute Gasteiger partial charge is 0.257 e. The number of hydrogen-bond donors (Lipinski definition) is 1. The topological polar surface area (TPSA) is 76.1 Å². The van der Waals surface area contributed by atoms with Gasteiger partial charge in [0.25, 0.3) is 5.91 Å². The highest BCUT2D eigenvalue weighted by Crippen LogP contribution is 2.26. The zero-order valence-electron chi connectivity index (χ0n) is 15.3. The van der Waals surface area contributed by atoms with Crippen LogP contribution < -0.4 is 5.32 Å². The molecule has 0 aliphatic heterocycles. The van der Waals surface area contributed by atoms with Crippen molar-refractivity contribution >= 4 is 32.2 Å². The Kier molecular flexibility index (Phi) is 5.43. The molecule has 0 unspecified atom stereocenters. The summed E-state index contributed by atoms with van der Waals surface area (Å²) in [5, 5.41) is 5.23. The Balaban J connectivity index is 1.71. The molecule has 0 bridgehead atoms. The van der Waals surface area contributed by atoms with Gasteiger partial charge in [-0.05, 0) is 48.7 Å². The number of sulfone groups is 1. The summed E-state index contributed by atoms with van der Waals surface area (Å²) in [6.07, 6.45) is 1.18. The minimum atomic E-state index is -3.10. The maximum absolute atomic E-state index is 12.4. The van der Waals surface area contributed by atoms with Gasteiger partial charge in [-0.1, -0.05) is 24.3 Å². The third-order valence-corrected chi connectivity index (χ3v) is 5.79. The fourth-order valence-electron chi connectivity index (χ4n) is 2.59. The molecule has 0 saturated carbocycles. The average Bonchev–Trinajstić information content (AvgIpc) is 3.05. The maximum Gasteiger partial charge on any atom is 0.257 e. The van der Waals surface area contributed by atoms with Crippen molar-refractivity contribution in [3.05, 3.63) is 70.1 Å². The number of nitrogens with zero attached hydrogens (tertiary/aromatic N) is 1. The maximum atomic E-state index is 12.4. The minimum Gasteiger partial charge on any atom is -0.298 e. The number of rotatable bonds is 5. The summed E-state index contributed by atoms with van der Waals surface area (Å²) in [5.74, 6) is -0.317. The van der Waals surface area contributed by atoms with Crippen LogP contribution in [0.1, 0.15) is 27.0 Å². The van der Waals surface area contributed by atoms with Gasteiger partial charge in [0.15, 0.2) is 15.0 Å². The van der Waals surface area contributed by atoms with Crippen LogP contribution in [0.3, 0.4) is 0 Å². The second-order valence-corrected chi connectivity index (χ2v) is 9.56. The third-order valence-electron chi connectivity index (χ3n) is 4.17. The molecule has 3 rings (SSSR count). The van der Waals surface area contributed by atoms with E-state index in [0.717, 1.165) is 11.3 Å². The second kappa shape index (κ2) is 7.62. The van der Waals surface area contributed by atoms with E-state index in [2.05, 4.69) is 36.3 Å². The molecule has 3 aromatic rings. The number of amides is 1. The standard InChI is InChI=1S/C20H20N2O3S2/c1-13-4-7-17(10-14(13)2)18-11-26-20(21-18)22-19(23)16-8-5-15(6-9-16)12-27(3,24)25/h4-11H,12H2,1-3H3,(H,21,22,23). The van der Waals surface area contributed by atoms with E-state index >= 15 is 0 Å². The zero-order chi connectivity index (χ0) is 19.6. The van der Waals surface area contributed by atoms with E-state index in [1.165, 1.54) is 28.7 Å². The number of nitrogens with one attached hydrogen (secondary N) is 1. The first-order valence-electron chi connectivity index (χ1n) is 8.32. The van der Waals surface area contributed by atoms with Crippen LogP contribution in [0.25, 0.3) is 11.3 Å². The average molecular weight is 401 g/mol. The summed E-state index contributed by atoms with van der Waals surface area (Å²) in [4.78, 5) is 16.9. The van der Waals surface area contributed by atoms with Crippen LogP contribution in [0.5, 0.6) is 0 Å². The van der Waals surface area contributed by atoms with Gasteiger partial charge in [0, 0.05) is 22.8 Å². The monoisotopic (exact) mass is 400 g/mol. The molecule has 27 heavy (non-hydrogen) atoms. The molecule has 0 aliphatic rings. The van der Waals surface area contributed by atoms with Crippen LogP contribution in [0.4, 0.5) is 5.13 Å². The molecule has 7 heteroatoms. The number of thiazole rings is 1. The Morgan fingerprint density at radius 1 is 1.07 bits per heavy atom. The normalized spacial score (nSPS) is 11.4. The van der Waals surface area contributed by atoms with Crippen molar-refractivity contribution in [3.8, 4) is 11.3 Å². The van der Waals surface area contributed by atoms with E-state index in [-0.39, 0.29) is 11.7 Å². The van der Waals surface area contributed by atoms with Gasteiger partial charge in [-0.2, -0.15) is 0 Å². The summed E-state index contributed by atoms with van der Waals surface area (Å²) in [6.45, 7) is 4.12. The molecule has 0 spiro atoms. The van der Waals surface area contributed by atoms with E-state index < -0.39 is 9.84 Å². The quantitative estimate of drug-likeness (QED) is 0.696. The molecule has 1 N–H and O–H groups in total. The van der Waals surface area contributed by atoms with Crippen LogP contribution in [0.2, 0.25) is 0 Å². The molecule has 0 aliphatic carbocycles.